The highest BCUT2D eigenvalue weighted by Gasteiger charge is 2.49. The molecule has 0 amide bonds. The van der Waals surface area contributed by atoms with Crippen molar-refractivity contribution in [2.75, 3.05) is 0 Å². The van der Waals surface area contributed by atoms with Crippen molar-refractivity contribution in [2.45, 2.75) is 12.4 Å². The van der Waals surface area contributed by atoms with E-state index in [-0.39, 0.29) is 16.5 Å². The molecule has 2 rings (SSSR count). The molecule has 0 unspecified atom stereocenters. The number of para-hydroxylation sites is 1. The molecule has 1 aromatic heterocycles. The molecule has 5 nitrogen and oxygen atoms in total. The third kappa shape index (κ3) is 2.36. The monoisotopic (exact) mass is 308 g/mol. The average Bonchev–Trinajstić information content (AvgIpc) is 2.33. The molecule has 0 radical (unpaired) electrons. The lowest BCUT2D eigenvalue weighted by Gasteiger charge is -2.12. The number of rotatable bonds is 2. The van der Waals surface area contributed by atoms with Crippen LogP contribution in [0.25, 0.3) is 11.0 Å². The number of benzene rings is 1. The van der Waals surface area contributed by atoms with Gasteiger partial charge in [0, 0.05) is 0 Å². The molecule has 0 aliphatic heterocycles. The van der Waals surface area contributed by atoms with Gasteiger partial charge in [0.2, 0.25) is 0 Å². The quantitative estimate of drug-likeness (QED) is 0.483. The summed E-state index contributed by atoms with van der Waals surface area (Å²) in [5.41, 5.74) is -7.00. The first kappa shape index (κ1) is 14.4. The maximum Gasteiger partial charge on any atom is 0.534 e. The molecule has 0 bridgehead atoms. The smallest absolute Gasteiger partial charge is 0.422 e. The molecule has 2 aromatic rings. The van der Waals surface area contributed by atoms with E-state index in [0.717, 1.165) is 6.92 Å². The van der Waals surface area contributed by atoms with E-state index < -0.39 is 27.0 Å². The van der Waals surface area contributed by atoms with Crippen molar-refractivity contribution in [3.8, 4) is 5.75 Å². The zero-order valence-electron chi connectivity index (χ0n) is 9.89. The van der Waals surface area contributed by atoms with Crippen molar-refractivity contribution in [3.05, 3.63) is 40.2 Å². The molecule has 0 aliphatic carbocycles. The number of hydrogen-bond donors (Lipinski definition) is 0. The average molecular weight is 308 g/mol. The van der Waals surface area contributed by atoms with Crippen LogP contribution in [0.2, 0.25) is 0 Å². The summed E-state index contributed by atoms with van der Waals surface area (Å²) in [6, 6.07) is 5.51. The summed E-state index contributed by atoms with van der Waals surface area (Å²) in [4.78, 5) is 11.5. The van der Waals surface area contributed by atoms with Gasteiger partial charge in [0.05, 0.1) is 10.9 Å². The zero-order chi connectivity index (χ0) is 15.1. The van der Waals surface area contributed by atoms with E-state index >= 15 is 0 Å². The summed E-state index contributed by atoms with van der Waals surface area (Å²) < 4.78 is 68.0. The van der Waals surface area contributed by atoms with Gasteiger partial charge in [-0.3, -0.25) is 0 Å². The van der Waals surface area contributed by atoms with Gasteiger partial charge in [0.25, 0.3) is 0 Å². The lowest BCUT2D eigenvalue weighted by Crippen LogP contribution is -2.29. The normalized spacial score (nSPS) is 12.6. The minimum atomic E-state index is -5.86. The fraction of sp³-hybridized carbons (Fsp3) is 0.182. The molecule has 0 atom stereocenters. The SMILES string of the molecule is Cc1c(OS(=O)(=O)C(F)(F)F)c2ccccc2oc1=O. The van der Waals surface area contributed by atoms with Crippen LogP contribution in [-0.4, -0.2) is 13.9 Å². The molecule has 1 aromatic carbocycles. The molecular formula is C11H7F3O5S. The first-order valence-electron chi connectivity index (χ1n) is 5.16. The highest BCUT2D eigenvalue weighted by Crippen LogP contribution is 2.32. The van der Waals surface area contributed by atoms with Crippen molar-refractivity contribution < 1.29 is 30.2 Å². The number of fused-ring (bicyclic) bond motifs is 1. The highest BCUT2D eigenvalue weighted by molar-refractivity contribution is 7.88. The van der Waals surface area contributed by atoms with Gasteiger partial charge in [0.1, 0.15) is 5.58 Å². The summed E-state index contributed by atoms with van der Waals surface area (Å²) in [5, 5.41) is -0.0441. The third-order valence-corrected chi connectivity index (χ3v) is 3.41. The summed E-state index contributed by atoms with van der Waals surface area (Å²) >= 11 is 0. The highest BCUT2D eigenvalue weighted by atomic mass is 32.2. The Labute approximate surface area is 110 Å². The van der Waals surface area contributed by atoms with Crippen LogP contribution in [0, 0.1) is 6.92 Å². The van der Waals surface area contributed by atoms with Gasteiger partial charge in [-0.05, 0) is 19.1 Å². The Bertz CT molecular complexity index is 820. The summed E-state index contributed by atoms with van der Waals surface area (Å²) in [6.45, 7) is 1.11. The van der Waals surface area contributed by atoms with Crippen molar-refractivity contribution in [1.82, 2.24) is 0 Å². The number of halogens is 3. The van der Waals surface area contributed by atoms with E-state index in [4.69, 9.17) is 4.42 Å². The minimum Gasteiger partial charge on any atom is -0.422 e. The minimum absolute atomic E-state index is 0.0441. The lowest BCUT2D eigenvalue weighted by molar-refractivity contribution is -0.0499. The second-order valence-electron chi connectivity index (χ2n) is 3.82. The van der Waals surface area contributed by atoms with E-state index in [9.17, 15) is 26.4 Å². The zero-order valence-corrected chi connectivity index (χ0v) is 10.7. The molecule has 20 heavy (non-hydrogen) atoms. The molecule has 0 fully saturated rings. The molecule has 108 valence electrons. The summed E-state index contributed by atoms with van der Waals surface area (Å²) in [6.07, 6.45) is 0. The van der Waals surface area contributed by atoms with Gasteiger partial charge >= 0.3 is 21.3 Å². The Morgan fingerprint density at radius 3 is 2.40 bits per heavy atom. The van der Waals surface area contributed by atoms with Crippen LogP contribution >= 0.6 is 0 Å². The predicted octanol–water partition coefficient (Wildman–Crippen LogP) is 2.33. The second-order valence-corrected chi connectivity index (χ2v) is 5.36. The van der Waals surface area contributed by atoms with Crippen LogP contribution in [0.4, 0.5) is 13.2 Å². The lowest BCUT2D eigenvalue weighted by atomic mass is 10.2. The molecule has 0 saturated heterocycles. The maximum absolute atomic E-state index is 12.3. The van der Waals surface area contributed by atoms with Crippen LogP contribution in [0.3, 0.4) is 0 Å². The molecule has 9 heteroatoms. The predicted molar refractivity (Wildman–Crippen MR) is 62.8 cm³/mol. The third-order valence-electron chi connectivity index (χ3n) is 2.46. The van der Waals surface area contributed by atoms with Gasteiger partial charge in [-0.2, -0.15) is 21.6 Å². The Balaban J connectivity index is 2.72. The van der Waals surface area contributed by atoms with Crippen LogP contribution in [0.5, 0.6) is 5.75 Å². The van der Waals surface area contributed by atoms with E-state index in [2.05, 4.69) is 4.18 Å². The molecular weight excluding hydrogens is 301 g/mol. The number of hydrogen-bond acceptors (Lipinski definition) is 5. The van der Waals surface area contributed by atoms with Crippen molar-refractivity contribution >= 4 is 21.1 Å². The number of alkyl halides is 3. The Hall–Kier alpha value is -2.03. The van der Waals surface area contributed by atoms with Gasteiger partial charge in [-0.25, -0.2) is 4.79 Å². The van der Waals surface area contributed by atoms with Crippen LogP contribution in [0.15, 0.2) is 33.5 Å². The van der Waals surface area contributed by atoms with Crippen molar-refractivity contribution in [3.63, 3.8) is 0 Å². The molecule has 0 spiro atoms. The van der Waals surface area contributed by atoms with E-state index in [1.54, 1.807) is 0 Å². The van der Waals surface area contributed by atoms with Gasteiger partial charge in [-0.15, -0.1) is 0 Å². The van der Waals surface area contributed by atoms with Crippen LogP contribution < -0.4 is 9.81 Å². The summed E-state index contributed by atoms with van der Waals surface area (Å²) in [5.74, 6) is -0.686. The fourth-order valence-corrected chi connectivity index (χ4v) is 2.01. The first-order valence-corrected chi connectivity index (χ1v) is 6.57. The van der Waals surface area contributed by atoms with Gasteiger partial charge in [0.15, 0.2) is 5.75 Å². The van der Waals surface area contributed by atoms with Crippen LogP contribution in [-0.2, 0) is 10.1 Å². The van der Waals surface area contributed by atoms with Gasteiger partial charge in [-0.1, -0.05) is 12.1 Å². The van der Waals surface area contributed by atoms with E-state index in [1.165, 1.54) is 24.3 Å². The summed E-state index contributed by atoms with van der Waals surface area (Å²) in [7, 11) is -5.86. The fourth-order valence-electron chi connectivity index (χ4n) is 1.48. The topological polar surface area (TPSA) is 73.6 Å². The molecule has 1 heterocycles. The second kappa shape index (κ2) is 4.51. The van der Waals surface area contributed by atoms with Gasteiger partial charge < -0.3 is 8.60 Å². The maximum atomic E-state index is 12.3. The standard InChI is InChI=1S/C11H7F3O5S/c1-6-9(19-20(16,17)11(12,13)14)7-4-2-3-5-8(7)18-10(6)15/h2-5H,1H3. The Kier molecular flexibility index (Phi) is 3.24. The molecule has 0 N–H and O–H groups in total. The largest absolute Gasteiger partial charge is 0.534 e. The molecule has 0 aliphatic rings. The van der Waals surface area contributed by atoms with Crippen molar-refractivity contribution in [1.29, 1.82) is 0 Å². The van der Waals surface area contributed by atoms with Crippen molar-refractivity contribution in [2.24, 2.45) is 0 Å². The first-order chi connectivity index (χ1) is 9.13. The Morgan fingerprint density at radius 2 is 1.80 bits per heavy atom. The molecule has 0 saturated carbocycles. The Morgan fingerprint density at radius 1 is 1.20 bits per heavy atom. The van der Waals surface area contributed by atoms with E-state index in [0.29, 0.717) is 0 Å². The van der Waals surface area contributed by atoms with Crippen LogP contribution in [0.1, 0.15) is 5.56 Å². The van der Waals surface area contributed by atoms with E-state index in [1.807, 2.05) is 0 Å².